The molecule has 158 valence electrons. The van der Waals surface area contributed by atoms with Crippen LogP contribution in [0.25, 0.3) is 11.3 Å². The van der Waals surface area contributed by atoms with Crippen molar-refractivity contribution in [1.82, 2.24) is 15.2 Å². The van der Waals surface area contributed by atoms with Gasteiger partial charge in [0.25, 0.3) is 0 Å². The Morgan fingerprint density at radius 2 is 1.68 bits per heavy atom. The summed E-state index contributed by atoms with van der Waals surface area (Å²) in [4.78, 5) is 22.3. The second kappa shape index (κ2) is 8.33. The average Bonchev–Trinajstić information content (AvgIpc) is 3.12. The third kappa shape index (κ3) is 3.91. The molecule has 2 fully saturated rings. The molecule has 1 aromatic heterocycles. The van der Waals surface area contributed by atoms with Crippen LogP contribution < -0.4 is 10.2 Å². The van der Waals surface area contributed by atoms with Crippen LogP contribution in [0, 0.1) is 0 Å². The summed E-state index contributed by atoms with van der Waals surface area (Å²) in [7, 11) is 0. The Balaban J connectivity index is 1.28. The summed E-state index contributed by atoms with van der Waals surface area (Å²) in [5.74, 6) is 0.152. The van der Waals surface area contributed by atoms with E-state index >= 15 is 0 Å². The lowest BCUT2D eigenvalue weighted by Crippen LogP contribution is -2.56. The smallest absolute Gasteiger partial charge is 0.247 e. The van der Waals surface area contributed by atoms with Gasteiger partial charge in [0, 0.05) is 35.9 Å². The van der Waals surface area contributed by atoms with Crippen LogP contribution in [0.3, 0.4) is 0 Å². The molecule has 1 N–H and O–H groups in total. The summed E-state index contributed by atoms with van der Waals surface area (Å²) in [6.07, 6.45) is 1.62. The molecule has 0 saturated carbocycles. The van der Waals surface area contributed by atoms with Gasteiger partial charge in [-0.2, -0.15) is 0 Å². The van der Waals surface area contributed by atoms with Crippen molar-refractivity contribution in [3.8, 4) is 11.3 Å². The minimum atomic E-state index is -0.448. The van der Waals surface area contributed by atoms with E-state index in [9.17, 15) is 4.79 Å². The number of benzene rings is 2. The van der Waals surface area contributed by atoms with E-state index in [1.807, 2.05) is 48.5 Å². The van der Waals surface area contributed by atoms with Gasteiger partial charge in [-0.1, -0.05) is 48.0 Å². The van der Waals surface area contributed by atoms with Gasteiger partial charge in [-0.05, 0) is 49.2 Å². The number of carbonyl (C=O) groups is 1. The van der Waals surface area contributed by atoms with Crippen molar-refractivity contribution >= 4 is 23.2 Å². The van der Waals surface area contributed by atoms with Gasteiger partial charge in [0.15, 0.2) is 0 Å². The van der Waals surface area contributed by atoms with Crippen molar-refractivity contribution in [2.45, 2.75) is 24.9 Å². The summed E-state index contributed by atoms with van der Waals surface area (Å²) in [6.45, 7) is 3.09. The van der Waals surface area contributed by atoms with Crippen LogP contribution in [0.4, 0.5) is 5.69 Å². The van der Waals surface area contributed by atoms with Crippen LogP contribution in [0.5, 0.6) is 0 Å². The molecule has 2 aliphatic heterocycles. The second-order valence-corrected chi connectivity index (χ2v) is 8.69. The lowest BCUT2D eigenvalue weighted by molar-refractivity contribution is -0.125. The highest BCUT2D eigenvalue weighted by Crippen LogP contribution is 2.36. The monoisotopic (exact) mass is 432 g/mol. The quantitative estimate of drug-likeness (QED) is 0.666. The summed E-state index contributed by atoms with van der Waals surface area (Å²) >= 11 is 6.01. The maximum absolute atomic E-state index is 12.8. The van der Waals surface area contributed by atoms with Crippen LogP contribution in [0.2, 0.25) is 5.02 Å². The number of hydrogen-bond acceptors (Lipinski definition) is 4. The number of likely N-dealkylation sites (tertiary alicyclic amines) is 1. The summed E-state index contributed by atoms with van der Waals surface area (Å²) in [6, 6.07) is 24.2. The number of anilines is 1. The maximum Gasteiger partial charge on any atom is 0.247 e. The number of nitrogens with one attached hydrogen (secondary N) is 1. The Labute approximate surface area is 187 Å². The van der Waals surface area contributed by atoms with Crippen LogP contribution in [0.15, 0.2) is 72.8 Å². The predicted octanol–water partition coefficient (Wildman–Crippen LogP) is 4.33. The normalized spacial score (nSPS) is 18.4. The third-order valence-electron chi connectivity index (χ3n) is 6.42. The zero-order valence-electron chi connectivity index (χ0n) is 17.3. The Morgan fingerprint density at radius 3 is 2.42 bits per heavy atom. The Hall–Kier alpha value is -2.89. The molecule has 31 heavy (non-hydrogen) atoms. The van der Waals surface area contributed by atoms with Crippen molar-refractivity contribution in [3.05, 3.63) is 83.5 Å². The summed E-state index contributed by atoms with van der Waals surface area (Å²) in [5, 5.41) is 3.79. The minimum absolute atomic E-state index is 0.152. The van der Waals surface area contributed by atoms with Gasteiger partial charge in [0.2, 0.25) is 5.91 Å². The van der Waals surface area contributed by atoms with E-state index in [2.05, 4.69) is 39.4 Å². The van der Waals surface area contributed by atoms with E-state index in [4.69, 9.17) is 16.6 Å². The van der Waals surface area contributed by atoms with Crippen LogP contribution in [-0.2, 0) is 11.3 Å². The van der Waals surface area contributed by atoms with Crippen LogP contribution >= 0.6 is 11.6 Å². The van der Waals surface area contributed by atoms with Gasteiger partial charge in [-0.3, -0.25) is 14.7 Å². The number of halogens is 1. The van der Waals surface area contributed by atoms with Crippen LogP contribution in [0.1, 0.15) is 18.5 Å². The summed E-state index contributed by atoms with van der Waals surface area (Å²) in [5.41, 5.74) is 3.71. The first kappa shape index (κ1) is 20.0. The molecule has 0 unspecified atom stereocenters. The van der Waals surface area contributed by atoms with E-state index < -0.39 is 5.54 Å². The molecule has 5 rings (SSSR count). The fourth-order valence-corrected chi connectivity index (χ4v) is 4.82. The first-order valence-corrected chi connectivity index (χ1v) is 11.1. The van der Waals surface area contributed by atoms with Gasteiger partial charge >= 0.3 is 0 Å². The molecule has 6 heteroatoms. The van der Waals surface area contributed by atoms with Crippen molar-refractivity contribution in [2.75, 3.05) is 24.7 Å². The molecule has 0 radical (unpaired) electrons. The standard InChI is InChI=1S/C25H25ClN4O/c26-20-11-9-19(10-12-20)23-8-4-5-21(28-23)17-29-15-13-25(14-16-29)24(31)27-18-30(25)22-6-2-1-3-7-22/h1-12H,13-18H2,(H,27,31). The topological polar surface area (TPSA) is 48.5 Å². The fourth-order valence-electron chi connectivity index (χ4n) is 4.69. The highest BCUT2D eigenvalue weighted by molar-refractivity contribution is 6.30. The number of nitrogens with zero attached hydrogens (tertiary/aromatic N) is 3. The fraction of sp³-hybridized carbons (Fsp3) is 0.280. The molecule has 0 atom stereocenters. The number of pyridine rings is 1. The van der Waals surface area contributed by atoms with E-state index in [1.54, 1.807) is 0 Å². The van der Waals surface area contributed by atoms with E-state index in [1.165, 1.54) is 0 Å². The predicted molar refractivity (Wildman–Crippen MR) is 124 cm³/mol. The first-order chi connectivity index (χ1) is 15.1. The highest BCUT2D eigenvalue weighted by Gasteiger charge is 2.50. The Morgan fingerprint density at radius 1 is 0.935 bits per heavy atom. The number of para-hydroxylation sites is 1. The number of aromatic nitrogens is 1. The molecular weight excluding hydrogens is 408 g/mol. The lowest BCUT2D eigenvalue weighted by atomic mass is 9.85. The maximum atomic E-state index is 12.8. The van der Waals surface area contributed by atoms with Gasteiger partial charge in [0.05, 0.1) is 18.1 Å². The van der Waals surface area contributed by atoms with Crippen LogP contribution in [-0.4, -0.2) is 41.1 Å². The number of piperidine rings is 1. The van der Waals surface area contributed by atoms with E-state index in [-0.39, 0.29) is 5.91 Å². The average molecular weight is 433 g/mol. The van der Waals surface area contributed by atoms with Gasteiger partial charge in [-0.15, -0.1) is 0 Å². The number of amides is 1. The number of hydrogen-bond donors (Lipinski definition) is 1. The zero-order chi connectivity index (χ0) is 21.3. The first-order valence-electron chi connectivity index (χ1n) is 10.7. The third-order valence-corrected chi connectivity index (χ3v) is 6.67. The molecule has 1 spiro atoms. The van der Waals surface area contributed by atoms with Gasteiger partial charge in [-0.25, -0.2) is 0 Å². The minimum Gasteiger partial charge on any atom is -0.339 e. The molecule has 3 aromatic rings. The Bertz CT molecular complexity index is 1060. The molecule has 2 saturated heterocycles. The Kier molecular flexibility index (Phi) is 5.38. The van der Waals surface area contributed by atoms with Gasteiger partial charge < -0.3 is 10.2 Å². The van der Waals surface area contributed by atoms with E-state index in [0.29, 0.717) is 6.67 Å². The lowest BCUT2D eigenvalue weighted by Gasteiger charge is -2.43. The molecule has 3 heterocycles. The second-order valence-electron chi connectivity index (χ2n) is 8.26. The van der Waals surface area contributed by atoms with Crippen molar-refractivity contribution < 1.29 is 4.79 Å². The SMILES string of the molecule is O=C1NCN(c2ccccc2)C12CCN(Cc1cccc(-c3ccc(Cl)cc3)n1)CC2. The largest absolute Gasteiger partial charge is 0.339 e. The molecule has 1 amide bonds. The van der Waals surface area contributed by atoms with Crippen molar-refractivity contribution in [2.24, 2.45) is 0 Å². The van der Waals surface area contributed by atoms with E-state index in [0.717, 1.165) is 60.1 Å². The molecule has 0 aliphatic carbocycles. The molecule has 0 bridgehead atoms. The zero-order valence-corrected chi connectivity index (χ0v) is 18.1. The highest BCUT2D eigenvalue weighted by atomic mass is 35.5. The molecule has 2 aromatic carbocycles. The number of rotatable bonds is 4. The van der Waals surface area contributed by atoms with Crippen molar-refractivity contribution in [1.29, 1.82) is 0 Å². The molecule has 5 nitrogen and oxygen atoms in total. The van der Waals surface area contributed by atoms with Gasteiger partial charge in [0.1, 0.15) is 5.54 Å². The van der Waals surface area contributed by atoms with Crippen molar-refractivity contribution in [3.63, 3.8) is 0 Å². The summed E-state index contributed by atoms with van der Waals surface area (Å²) < 4.78 is 0. The molecule has 2 aliphatic rings. The number of carbonyl (C=O) groups excluding carboxylic acids is 1. The molecular formula is C25H25ClN4O.